The van der Waals surface area contributed by atoms with Crippen molar-refractivity contribution in [1.82, 2.24) is 19.7 Å². The predicted molar refractivity (Wildman–Crippen MR) is 122 cm³/mol. The van der Waals surface area contributed by atoms with E-state index in [4.69, 9.17) is 14.0 Å². The maximum Gasteiger partial charge on any atom is 0.328 e. The van der Waals surface area contributed by atoms with Crippen LogP contribution in [0.3, 0.4) is 0 Å². The first-order chi connectivity index (χ1) is 17.0. The zero-order valence-electron chi connectivity index (χ0n) is 19.4. The van der Waals surface area contributed by atoms with Gasteiger partial charge in [0.2, 0.25) is 5.82 Å². The molecule has 0 saturated carbocycles. The van der Waals surface area contributed by atoms with Crippen LogP contribution < -0.4 is 16.0 Å². The largest absolute Gasteiger partial charge is 0.459 e. The van der Waals surface area contributed by atoms with E-state index in [1.807, 2.05) is 0 Å². The normalized spacial score (nSPS) is 11.4. The fraction of sp³-hybridized carbons (Fsp3) is 0.208. The van der Waals surface area contributed by atoms with Crippen molar-refractivity contribution >= 4 is 5.97 Å². The number of para-hydroxylation sites is 1. The Balaban J connectivity index is 1.62. The molecule has 0 unspecified atom stereocenters. The van der Waals surface area contributed by atoms with Crippen molar-refractivity contribution in [2.24, 2.45) is 0 Å². The lowest BCUT2D eigenvalue weighted by atomic mass is 10.2. The molecular weight excluding hydrogens is 478 g/mol. The van der Waals surface area contributed by atoms with E-state index >= 15 is 0 Å². The van der Waals surface area contributed by atoms with Gasteiger partial charge in [0.15, 0.2) is 17.4 Å². The van der Waals surface area contributed by atoms with E-state index < -0.39 is 46.7 Å². The number of halogens is 2. The average molecular weight is 498 g/mol. The minimum Gasteiger partial charge on any atom is -0.459 e. The van der Waals surface area contributed by atoms with Crippen molar-refractivity contribution in [3.63, 3.8) is 0 Å². The number of aromatic amines is 1. The van der Waals surface area contributed by atoms with Gasteiger partial charge in [0.05, 0.1) is 0 Å². The quantitative estimate of drug-likeness (QED) is 0.399. The molecule has 4 rings (SSSR count). The SMILES string of the molecule is CC(C)(C)OC(=O)Cn1cc(-c2noc(-c3cc(F)c(Oc4ccccc4)c(F)c3)n2)c(=O)[nH]c1=O. The number of nitrogens with one attached hydrogen (secondary N) is 1. The van der Waals surface area contributed by atoms with Crippen molar-refractivity contribution in [2.45, 2.75) is 32.9 Å². The number of ether oxygens (including phenoxy) is 2. The number of benzene rings is 2. The monoisotopic (exact) mass is 498 g/mol. The molecule has 2 aromatic heterocycles. The number of aromatic nitrogens is 4. The number of carbonyl (C=O) groups is 1. The summed E-state index contributed by atoms with van der Waals surface area (Å²) in [6, 6.07) is 9.98. The average Bonchev–Trinajstić information content (AvgIpc) is 3.27. The van der Waals surface area contributed by atoms with Crippen molar-refractivity contribution in [2.75, 3.05) is 0 Å². The Morgan fingerprint density at radius 2 is 1.78 bits per heavy atom. The molecule has 1 N–H and O–H groups in total. The lowest BCUT2D eigenvalue weighted by Gasteiger charge is -2.19. The third kappa shape index (κ3) is 5.54. The molecule has 0 amide bonds. The second kappa shape index (κ2) is 9.56. The molecule has 2 aromatic carbocycles. The Hall–Kier alpha value is -4.61. The number of hydrogen-bond donors (Lipinski definition) is 1. The van der Waals surface area contributed by atoms with E-state index in [2.05, 4.69) is 15.1 Å². The Labute approximate surface area is 202 Å². The highest BCUT2D eigenvalue weighted by atomic mass is 19.1. The minimum absolute atomic E-state index is 0.109. The smallest absolute Gasteiger partial charge is 0.328 e. The Kier molecular flexibility index (Phi) is 6.51. The van der Waals surface area contributed by atoms with Crippen molar-refractivity contribution in [1.29, 1.82) is 0 Å². The van der Waals surface area contributed by atoms with Crippen LogP contribution in [-0.4, -0.2) is 31.3 Å². The molecule has 186 valence electrons. The van der Waals surface area contributed by atoms with Gasteiger partial charge in [0, 0.05) is 11.8 Å². The van der Waals surface area contributed by atoms with Crippen molar-refractivity contribution in [3.8, 4) is 34.3 Å². The third-order valence-corrected chi connectivity index (χ3v) is 4.61. The van der Waals surface area contributed by atoms with Crippen LogP contribution in [0.5, 0.6) is 11.5 Å². The molecular formula is C24H20F2N4O6. The first-order valence-electron chi connectivity index (χ1n) is 10.6. The predicted octanol–water partition coefficient (Wildman–Crippen LogP) is 3.67. The van der Waals surface area contributed by atoms with Crippen LogP contribution in [0.25, 0.3) is 22.8 Å². The number of esters is 1. The fourth-order valence-electron chi connectivity index (χ4n) is 3.14. The Morgan fingerprint density at radius 3 is 2.42 bits per heavy atom. The molecule has 10 nitrogen and oxygen atoms in total. The van der Waals surface area contributed by atoms with Crippen LogP contribution >= 0.6 is 0 Å². The van der Waals surface area contributed by atoms with E-state index in [0.717, 1.165) is 22.9 Å². The summed E-state index contributed by atoms with van der Waals surface area (Å²) < 4.78 is 45.7. The fourth-order valence-corrected chi connectivity index (χ4v) is 3.14. The van der Waals surface area contributed by atoms with E-state index in [1.165, 1.54) is 12.1 Å². The summed E-state index contributed by atoms with van der Waals surface area (Å²) in [6.07, 6.45) is 1.07. The maximum atomic E-state index is 14.6. The molecule has 0 aliphatic heterocycles. The molecule has 0 saturated heterocycles. The summed E-state index contributed by atoms with van der Waals surface area (Å²) in [6.45, 7) is 4.51. The number of rotatable bonds is 6. The number of hydrogen-bond acceptors (Lipinski definition) is 8. The molecule has 36 heavy (non-hydrogen) atoms. The van der Waals surface area contributed by atoms with E-state index in [1.54, 1.807) is 39.0 Å². The first kappa shape index (κ1) is 24.5. The van der Waals surface area contributed by atoms with Gasteiger partial charge in [-0.3, -0.25) is 19.1 Å². The van der Waals surface area contributed by atoms with Gasteiger partial charge < -0.3 is 14.0 Å². The van der Waals surface area contributed by atoms with Gasteiger partial charge in [-0.2, -0.15) is 4.98 Å². The summed E-state index contributed by atoms with van der Waals surface area (Å²) >= 11 is 0. The second-order valence-corrected chi connectivity index (χ2v) is 8.62. The van der Waals surface area contributed by atoms with E-state index in [0.29, 0.717) is 0 Å². The highest BCUT2D eigenvalue weighted by molar-refractivity contribution is 5.70. The van der Waals surface area contributed by atoms with E-state index in [-0.39, 0.29) is 28.6 Å². The zero-order chi connectivity index (χ0) is 26.0. The summed E-state index contributed by atoms with van der Waals surface area (Å²) in [5.74, 6) is -3.68. The molecule has 0 radical (unpaired) electrons. The number of nitrogens with zero attached hydrogens (tertiary/aromatic N) is 3. The molecule has 0 bridgehead atoms. The van der Waals surface area contributed by atoms with Gasteiger partial charge in [0.1, 0.15) is 23.5 Å². The molecule has 2 heterocycles. The van der Waals surface area contributed by atoms with E-state index in [9.17, 15) is 23.2 Å². The van der Waals surface area contributed by atoms with Gasteiger partial charge in [-0.1, -0.05) is 23.4 Å². The van der Waals surface area contributed by atoms with Crippen LogP contribution in [0.2, 0.25) is 0 Å². The molecule has 4 aromatic rings. The lowest BCUT2D eigenvalue weighted by molar-refractivity contribution is -0.155. The Morgan fingerprint density at radius 1 is 1.11 bits per heavy atom. The third-order valence-electron chi connectivity index (χ3n) is 4.61. The van der Waals surface area contributed by atoms with Crippen LogP contribution in [0, 0.1) is 11.6 Å². The second-order valence-electron chi connectivity index (χ2n) is 8.62. The van der Waals surface area contributed by atoms with Crippen LogP contribution in [0.4, 0.5) is 8.78 Å². The summed E-state index contributed by atoms with van der Waals surface area (Å²) in [4.78, 5) is 42.6. The molecule has 0 spiro atoms. The van der Waals surface area contributed by atoms with Crippen molar-refractivity contribution in [3.05, 3.63) is 81.1 Å². The van der Waals surface area contributed by atoms with Crippen LogP contribution in [0.15, 0.2) is 62.8 Å². The summed E-state index contributed by atoms with van der Waals surface area (Å²) in [5, 5.41) is 3.67. The summed E-state index contributed by atoms with van der Waals surface area (Å²) in [7, 11) is 0. The van der Waals surface area contributed by atoms with Gasteiger partial charge >= 0.3 is 11.7 Å². The highest BCUT2D eigenvalue weighted by Gasteiger charge is 2.21. The highest BCUT2D eigenvalue weighted by Crippen LogP contribution is 2.32. The zero-order valence-corrected chi connectivity index (χ0v) is 19.4. The Bertz CT molecular complexity index is 1510. The topological polar surface area (TPSA) is 129 Å². The molecule has 0 atom stereocenters. The number of carbonyl (C=O) groups excluding carboxylic acids is 1. The molecule has 0 aliphatic carbocycles. The van der Waals surface area contributed by atoms with Crippen LogP contribution in [-0.2, 0) is 16.1 Å². The van der Waals surface area contributed by atoms with Gasteiger partial charge in [-0.15, -0.1) is 0 Å². The number of H-pyrrole nitrogens is 1. The summed E-state index contributed by atoms with van der Waals surface area (Å²) in [5.41, 5.74) is -2.80. The van der Waals surface area contributed by atoms with Gasteiger partial charge in [-0.05, 0) is 45.0 Å². The van der Waals surface area contributed by atoms with Gasteiger partial charge in [0.25, 0.3) is 11.4 Å². The van der Waals surface area contributed by atoms with Gasteiger partial charge in [-0.25, -0.2) is 13.6 Å². The first-order valence-corrected chi connectivity index (χ1v) is 10.6. The molecule has 12 heteroatoms. The lowest BCUT2D eigenvalue weighted by Crippen LogP contribution is -2.35. The molecule has 0 aliphatic rings. The van der Waals surface area contributed by atoms with Crippen LogP contribution in [0.1, 0.15) is 20.8 Å². The minimum atomic E-state index is -1.02. The standard InChI is InChI=1S/C24H20F2N4O6/c1-24(2,3)35-18(31)12-30-11-15(21(32)28-23(30)33)20-27-22(36-29-20)13-9-16(25)19(17(26)10-13)34-14-7-5-4-6-8-14/h4-11H,12H2,1-3H3,(H,28,32,33). The molecule has 0 fully saturated rings. The maximum absolute atomic E-state index is 14.6. The van der Waals surface area contributed by atoms with Crippen molar-refractivity contribution < 1.29 is 27.6 Å².